The van der Waals surface area contributed by atoms with Crippen molar-refractivity contribution in [3.8, 4) is 11.5 Å². The van der Waals surface area contributed by atoms with Gasteiger partial charge in [0.15, 0.2) is 0 Å². The molecule has 0 radical (unpaired) electrons. The van der Waals surface area contributed by atoms with Gasteiger partial charge in [-0.2, -0.15) is 10.2 Å². The van der Waals surface area contributed by atoms with Gasteiger partial charge in [0.2, 0.25) is 0 Å². The maximum Gasteiger partial charge on any atom is 0.341 e. The van der Waals surface area contributed by atoms with Gasteiger partial charge in [-0.15, -0.1) is 0 Å². The molecule has 4 rings (SSSR count). The third-order valence-electron chi connectivity index (χ3n) is 4.60. The van der Waals surface area contributed by atoms with E-state index in [1.807, 2.05) is 0 Å². The quantitative estimate of drug-likeness (QED) is 0.296. The number of esters is 1. The Balaban J connectivity index is 0.000000351. The average Bonchev–Trinajstić information content (AvgIpc) is 3.45. The SMILES string of the molecule is C.C.COC(=O)c1cnn2cc(OC[C@@H](C)O)ccc12.C[C@@H](O)COc1ccc2c(C(=O)O)cnn2c1. The van der Waals surface area contributed by atoms with Crippen molar-refractivity contribution in [2.75, 3.05) is 20.3 Å². The van der Waals surface area contributed by atoms with Crippen LogP contribution in [0.1, 0.15) is 49.4 Å². The number of carbonyl (C=O) groups excluding carboxylic acids is 1. The number of carbonyl (C=O) groups is 2. The highest BCUT2D eigenvalue weighted by Gasteiger charge is 2.13. The molecule has 4 heterocycles. The largest absolute Gasteiger partial charge is 0.489 e. The van der Waals surface area contributed by atoms with Crippen LogP contribution in [-0.2, 0) is 4.74 Å². The molecule has 4 aromatic rings. The van der Waals surface area contributed by atoms with Crippen molar-refractivity contribution in [3.63, 3.8) is 0 Å². The van der Waals surface area contributed by atoms with Gasteiger partial charge in [-0.3, -0.25) is 0 Å². The first-order valence-corrected chi connectivity index (χ1v) is 10.6. The maximum absolute atomic E-state index is 11.4. The van der Waals surface area contributed by atoms with Crippen molar-refractivity contribution in [1.82, 2.24) is 19.2 Å². The first kappa shape index (κ1) is 30.9. The number of carboxylic acids is 1. The van der Waals surface area contributed by atoms with Gasteiger partial charge in [0.1, 0.15) is 35.8 Å². The number of ether oxygens (including phenoxy) is 3. The second-order valence-electron chi connectivity index (χ2n) is 7.62. The number of carboxylic acid groups (broad SMARTS) is 1. The van der Waals surface area contributed by atoms with Gasteiger partial charge in [0, 0.05) is 0 Å². The van der Waals surface area contributed by atoms with Crippen LogP contribution in [0.3, 0.4) is 0 Å². The molecule has 0 saturated carbocycles. The van der Waals surface area contributed by atoms with Gasteiger partial charge in [0.05, 0.1) is 55.1 Å². The molecule has 2 atom stereocenters. The summed E-state index contributed by atoms with van der Waals surface area (Å²) in [7, 11) is 1.33. The Kier molecular flexibility index (Phi) is 11.5. The van der Waals surface area contributed by atoms with Crippen LogP contribution in [0.5, 0.6) is 11.5 Å². The molecular weight excluding hydrogens is 484 g/mol. The fraction of sp³-hybridized carbons (Fsp3) is 0.360. The van der Waals surface area contributed by atoms with Crippen LogP contribution in [0, 0.1) is 0 Å². The number of pyridine rings is 2. The van der Waals surface area contributed by atoms with E-state index in [4.69, 9.17) is 24.8 Å². The lowest BCUT2D eigenvalue weighted by atomic mass is 10.2. The van der Waals surface area contributed by atoms with E-state index >= 15 is 0 Å². The van der Waals surface area contributed by atoms with E-state index in [9.17, 15) is 9.59 Å². The van der Waals surface area contributed by atoms with Crippen molar-refractivity contribution >= 4 is 23.0 Å². The zero-order valence-electron chi connectivity index (χ0n) is 19.4. The number of fused-ring (bicyclic) bond motifs is 2. The Labute approximate surface area is 214 Å². The summed E-state index contributed by atoms with van der Waals surface area (Å²) in [6, 6.07) is 6.70. The molecule has 0 aliphatic carbocycles. The van der Waals surface area contributed by atoms with E-state index in [2.05, 4.69) is 14.9 Å². The minimum atomic E-state index is -1.02. The van der Waals surface area contributed by atoms with Crippen LogP contribution in [-0.4, -0.2) is 79.0 Å². The summed E-state index contributed by atoms with van der Waals surface area (Å²) in [5, 5.41) is 35.1. The summed E-state index contributed by atoms with van der Waals surface area (Å²) in [6.07, 6.45) is 4.85. The fourth-order valence-electron chi connectivity index (χ4n) is 2.97. The zero-order valence-corrected chi connectivity index (χ0v) is 19.4. The van der Waals surface area contributed by atoms with E-state index < -0.39 is 24.1 Å². The Morgan fingerprint density at radius 3 is 1.68 bits per heavy atom. The zero-order chi connectivity index (χ0) is 25.5. The molecule has 4 aromatic heterocycles. The molecule has 0 saturated heterocycles. The smallest absolute Gasteiger partial charge is 0.341 e. The van der Waals surface area contributed by atoms with E-state index in [-0.39, 0.29) is 33.6 Å². The summed E-state index contributed by atoms with van der Waals surface area (Å²) in [6.45, 7) is 3.64. The summed E-state index contributed by atoms with van der Waals surface area (Å²) in [5.74, 6) is -0.346. The van der Waals surface area contributed by atoms with Crippen molar-refractivity contribution in [2.45, 2.75) is 40.9 Å². The van der Waals surface area contributed by atoms with E-state index in [0.29, 0.717) is 28.1 Å². The van der Waals surface area contributed by atoms with Crippen LogP contribution in [0.15, 0.2) is 49.1 Å². The van der Waals surface area contributed by atoms with Crippen LogP contribution >= 0.6 is 0 Å². The van der Waals surface area contributed by atoms with E-state index in [0.717, 1.165) is 0 Å². The lowest BCUT2D eigenvalue weighted by molar-refractivity contribution is 0.0602. The van der Waals surface area contributed by atoms with Crippen molar-refractivity contribution in [3.05, 3.63) is 60.2 Å². The molecule has 12 heteroatoms. The number of hydrogen-bond acceptors (Lipinski definition) is 9. The standard InChI is InChI=1S/C12H14N2O4.C11H12N2O4.2CH4/c1-8(15)7-18-9-3-4-11-10(12(16)17-2)5-13-14(11)6-9;1-7(14)6-17-8-2-3-10-9(11(15)16)4-12-13(10)5-8;;/h3-6,8,15H,7H2,1-2H3;2-5,7,14H,6H2,1H3,(H,15,16);2*1H4/t8-;7-;;/m11../s1. The van der Waals surface area contributed by atoms with Crippen LogP contribution < -0.4 is 9.47 Å². The molecule has 0 aromatic carbocycles. The van der Waals surface area contributed by atoms with Gasteiger partial charge in [0.25, 0.3) is 0 Å². The van der Waals surface area contributed by atoms with Crippen molar-refractivity contribution in [2.24, 2.45) is 0 Å². The van der Waals surface area contributed by atoms with E-state index in [1.54, 1.807) is 50.5 Å². The number of hydrogen-bond donors (Lipinski definition) is 3. The second-order valence-corrected chi connectivity index (χ2v) is 7.62. The van der Waals surface area contributed by atoms with E-state index in [1.165, 1.54) is 28.5 Å². The number of rotatable bonds is 8. The first-order valence-electron chi connectivity index (χ1n) is 10.6. The van der Waals surface area contributed by atoms with Gasteiger partial charge < -0.3 is 29.5 Å². The Bertz CT molecular complexity index is 1310. The summed E-state index contributed by atoms with van der Waals surface area (Å²) < 4.78 is 18.2. The Morgan fingerprint density at radius 1 is 0.838 bits per heavy atom. The molecular formula is C25H34N4O8. The second kappa shape index (κ2) is 13.8. The molecule has 12 nitrogen and oxygen atoms in total. The molecule has 0 aliphatic rings. The number of aromatic nitrogens is 4. The molecule has 0 unspecified atom stereocenters. The lowest BCUT2D eigenvalue weighted by Gasteiger charge is -2.08. The fourth-order valence-corrected chi connectivity index (χ4v) is 2.97. The van der Waals surface area contributed by atoms with Gasteiger partial charge in [-0.05, 0) is 38.1 Å². The van der Waals surface area contributed by atoms with Gasteiger partial charge in [-0.1, -0.05) is 14.9 Å². The maximum atomic E-state index is 11.4. The van der Waals surface area contributed by atoms with Gasteiger partial charge in [-0.25, -0.2) is 18.6 Å². The number of aliphatic hydroxyl groups is 2. The third kappa shape index (κ3) is 7.92. The minimum absolute atomic E-state index is 0. The molecule has 0 fully saturated rings. The predicted molar refractivity (Wildman–Crippen MR) is 136 cm³/mol. The highest BCUT2D eigenvalue weighted by Crippen LogP contribution is 2.18. The minimum Gasteiger partial charge on any atom is -0.489 e. The number of aromatic carboxylic acids is 1. The Morgan fingerprint density at radius 2 is 1.27 bits per heavy atom. The average molecular weight is 519 g/mol. The molecule has 37 heavy (non-hydrogen) atoms. The molecule has 0 amide bonds. The van der Waals surface area contributed by atoms with Gasteiger partial charge >= 0.3 is 11.9 Å². The van der Waals surface area contributed by atoms with Crippen LogP contribution in [0.4, 0.5) is 0 Å². The topological polar surface area (TPSA) is 157 Å². The monoisotopic (exact) mass is 518 g/mol. The molecule has 202 valence electrons. The Hall–Kier alpha value is -4.16. The molecule has 0 aliphatic heterocycles. The number of methoxy groups -OCH3 is 1. The highest BCUT2D eigenvalue weighted by atomic mass is 16.5. The van der Waals surface area contributed by atoms with Crippen LogP contribution in [0.25, 0.3) is 11.0 Å². The number of nitrogens with zero attached hydrogens (tertiary/aromatic N) is 4. The van der Waals surface area contributed by atoms with Crippen molar-refractivity contribution in [1.29, 1.82) is 0 Å². The molecule has 0 bridgehead atoms. The summed E-state index contributed by atoms with van der Waals surface area (Å²) in [4.78, 5) is 22.3. The van der Waals surface area contributed by atoms with Crippen LogP contribution in [0.2, 0.25) is 0 Å². The molecule has 3 N–H and O–H groups in total. The lowest BCUT2D eigenvalue weighted by Crippen LogP contribution is -2.13. The first-order chi connectivity index (χ1) is 16.7. The summed E-state index contributed by atoms with van der Waals surface area (Å²) in [5.41, 5.74) is 1.69. The summed E-state index contributed by atoms with van der Waals surface area (Å²) >= 11 is 0. The third-order valence-corrected chi connectivity index (χ3v) is 4.60. The number of aliphatic hydroxyl groups excluding tert-OH is 2. The molecule has 0 spiro atoms. The highest BCUT2D eigenvalue weighted by molar-refractivity contribution is 5.96. The normalized spacial score (nSPS) is 11.8. The van der Waals surface area contributed by atoms with Crippen molar-refractivity contribution < 1.29 is 39.1 Å². The predicted octanol–water partition coefficient (Wildman–Crippen LogP) is 2.94.